The second kappa shape index (κ2) is 7.99. The zero-order valence-corrected chi connectivity index (χ0v) is 17.5. The Morgan fingerprint density at radius 3 is 2.59 bits per heavy atom. The Kier molecular flexibility index (Phi) is 5.41. The van der Waals surface area contributed by atoms with Gasteiger partial charge in [-0.3, -0.25) is 14.5 Å². The largest absolute Gasteiger partial charge is 0.361 e. The zero-order valence-electron chi connectivity index (χ0n) is 17.5. The summed E-state index contributed by atoms with van der Waals surface area (Å²) in [5, 5.41) is 1.31. The maximum absolute atomic E-state index is 13.0. The maximum atomic E-state index is 13.0. The molecule has 1 fully saturated rings. The standard InChI is InChI=1S/C24H29N3O2/c1-4-18-23(16(3)28)15(2)26-24(18)22(29)14-27-11-9-17(10-12-27)20-13-25-21-8-6-5-7-19(20)21/h5-8,13,17,25-26H,4,9-12,14H2,1-3H3. The predicted molar refractivity (Wildman–Crippen MR) is 116 cm³/mol. The molecule has 1 aliphatic rings. The molecule has 1 aromatic carbocycles. The van der Waals surface area contributed by atoms with Crippen molar-refractivity contribution in [2.75, 3.05) is 19.6 Å². The summed E-state index contributed by atoms with van der Waals surface area (Å²) in [6, 6.07) is 8.45. The number of nitrogens with one attached hydrogen (secondary N) is 2. The number of carbonyl (C=O) groups excluding carboxylic acids is 2. The lowest BCUT2D eigenvalue weighted by Crippen LogP contribution is -2.37. The number of likely N-dealkylation sites (tertiary alicyclic amines) is 1. The van der Waals surface area contributed by atoms with Crippen LogP contribution in [0.2, 0.25) is 0 Å². The third-order valence-corrected chi connectivity index (χ3v) is 6.29. The molecule has 152 valence electrons. The third kappa shape index (κ3) is 3.67. The molecule has 2 N–H and O–H groups in total. The zero-order chi connectivity index (χ0) is 20.5. The van der Waals surface area contributed by atoms with Gasteiger partial charge in [0.1, 0.15) is 0 Å². The Morgan fingerprint density at radius 2 is 1.90 bits per heavy atom. The lowest BCUT2D eigenvalue weighted by atomic mass is 9.89. The highest BCUT2D eigenvalue weighted by molar-refractivity contribution is 6.04. The first-order valence-corrected chi connectivity index (χ1v) is 10.5. The number of benzene rings is 1. The van der Waals surface area contributed by atoms with E-state index in [9.17, 15) is 9.59 Å². The molecule has 0 radical (unpaired) electrons. The van der Waals surface area contributed by atoms with Crippen LogP contribution < -0.4 is 0 Å². The van der Waals surface area contributed by atoms with Crippen LogP contribution in [0.3, 0.4) is 0 Å². The van der Waals surface area contributed by atoms with Gasteiger partial charge in [0.05, 0.1) is 12.2 Å². The number of fused-ring (bicyclic) bond motifs is 1. The summed E-state index contributed by atoms with van der Waals surface area (Å²) in [7, 11) is 0. The van der Waals surface area contributed by atoms with Crippen molar-refractivity contribution in [2.24, 2.45) is 0 Å². The fourth-order valence-electron chi connectivity index (χ4n) is 4.86. The van der Waals surface area contributed by atoms with Gasteiger partial charge >= 0.3 is 0 Å². The molecule has 5 nitrogen and oxygen atoms in total. The number of carbonyl (C=O) groups is 2. The van der Waals surface area contributed by atoms with Gasteiger partial charge in [0, 0.05) is 28.4 Å². The van der Waals surface area contributed by atoms with Crippen LogP contribution in [0.25, 0.3) is 10.9 Å². The predicted octanol–water partition coefficient (Wildman–Crippen LogP) is 4.63. The second-order valence-corrected chi connectivity index (χ2v) is 8.15. The van der Waals surface area contributed by atoms with E-state index >= 15 is 0 Å². The van der Waals surface area contributed by atoms with Crippen LogP contribution in [0.15, 0.2) is 30.5 Å². The van der Waals surface area contributed by atoms with Crippen molar-refractivity contribution in [1.82, 2.24) is 14.9 Å². The summed E-state index contributed by atoms with van der Waals surface area (Å²) in [6.45, 7) is 7.68. The first-order valence-electron chi connectivity index (χ1n) is 10.5. The van der Waals surface area contributed by atoms with Crippen molar-refractivity contribution in [3.8, 4) is 0 Å². The lowest BCUT2D eigenvalue weighted by molar-refractivity contribution is 0.0904. The van der Waals surface area contributed by atoms with Crippen LogP contribution in [-0.2, 0) is 6.42 Å². The molecule has 1 aliphatic heterocycles. The number of rotatable bonds is 6. The summed E-state index contributed by atoms with van der Waals surface area (Å²) >= 11 is 0. The van der Waals surface area contributed by atoms with E-state index in [1.54, 1.807) is 6.92 Å². The first kappa shape index (κ1) is 19.6. The average Bonchev–Trinajstić information content (AvgIpc) is 3.29. The van der Waals surface area contributed by atoms with E-state index in [0.717, 1.165) is 37.2 Å². The fraction of sp³-hybridized carbons (Fsp3) is 0.417. The van der Waals surface area contributed by atoms with E-state index in [4.69, 9.17) is 0 Å². The minimum atomic E-state index is 0.0224. The molecule has 4 rings (SSSR count). The van der Waals surface area contributed by atoms with E-state index in [2.05, 4.69) is 45.3 Å². The molecular formula is C24H29N3O2. The number of hydrogen-bond acceptors (Lipinski definition) is 3. The molecule has 0 unspecified atom stereocenters. The Bertz CT molecular complexity index is 1050. The fourth-order valence-corrected chi connectivity index (χ4v) is 4.86. The summed E-state index contributed by atoms with van der Waals surface area (Å²) in [4.78, 5) is 33.8. The second-order valence-electron chi connectivity index (χ2n) is 8.15. The van der Waals surface area contributed by atoms with Gasteiger partial charge in [-0.05, 0) is 69.3 Å². The highest BCUT2D eigenvalue weighted by Gasteiger charge is 2.26. The number of hydrogen-bond donors (Lipinski definition) is 2. The van der Waals surface area contributed by atoms with Crippen molar-refractivity contribution < 1.29 is 9.59 Å². The number of piperidine rings is 1. The molecule has 5 heteroatoms. The van der Waals surface area contributed by atoms with Gasteiger partial charge in [-0.1, -0.05) is 25.1 Å². The number of H-pyrrole nitrogens is 2. The number of aryl methyl sites for hydroxylation is 1. The van der Waals surface area contributed by atoms with Crippen LogP contribution in [0, 0.1) is 6.92 Å². The molecule has 3 heterocycles. The van der Waals surface area contributed by atoms with Crippen molar-refractivity contribution in [3.63, 3.8) is 0 Å². The van der Waals surface area contributed by atoms with Crippen LogP contribution in [0.4, 0.5) is 0 Å². The van der Waals surface area contributed by atoms with Crippen molar-refractivity contribution in [2.45, 2.75) is 46.0 Å². The molecule has 0 bridgehead atoms. The van der Waals surface area contributed by atoms with Gasteiger partial charge in [0.15, 0.2) is 11.6 Å². The number of nitrogens with zero attached hydrogens (tertiary/aromatic N) is 1. The number of aromatic amines is 2. The van der Waals surface area contributed by atoms with Crippen molar-refractivity contribution in [1.29, 1.82) is 0 Å². The minimum Gasteiger partial charge on any atom is -0.361 e. The Balaban J connectivity index is 1.43. The molecule has 0 aliphatic carbocycles. The lowest BCUT2D eigenvalue weighted by Gasteiger charge is -2.31. The molecular weight excluding hydrogens is 362 g/mol. The number of aromatic nitrogens is 2. The smallest absolute Gasteiger partial charge is 0.193 e. The monoisotopic (exact) mass is 391 g/mol. The van der Waals surface area contributed by atoms with Crippen LogP contribution >= 0.6 is 0 Å². The van der Waals surface area contributed by atoms with Gasteiger partial charge in [0.25, 0.3) is 0 Å². The van der Waals surface area contributed by atoms with Crippen molar-refractivity contribution >= 4 is 22.5 Å². The van der Waals surface area contributed by atoms with Gasteiger partial charge in [-0.15, -0.1) is 0 Å². The summed E-state index contributed by atoms with van der Waals surface area (Å²) in [5.41, 5.74) is 5.56. The molecule has 0 atom stereocenters. The average molecular weight is 392 g/mol. The number of para-hydroxylation sites is 1. The van der Waals surface area contributed by atoms with Crippen LogP contribution in [0.1, 0.15) is 70.3 Å². The van der Waals surface area contributed by atoms with Gasteiger partial charge < -0.3 is 9.97 Å². The number of ketones is 2. The van der Waals surface area contributed by atoms with Crippen molar-refractivity contribution in [3.05, 3.63) is 58.5 Å². The summed E-state index contributed by atoms with van der Waals surface area (Å²) in [5.74, 6) is 0.637. The third-order valence-electron chi connectivity index (χ3n) is 6.29. The van der Waals surface area contributed by atoms with E-state index in [1.807, 2.05) is 13.8 Å². The molecule has 3 aromatic rings. The van der Waals surface area contributed by atoms with Gasteiger partial charge in [0.2, 0.25) is 0 Å². The Morgan fingerprint density at radius 1 is 1.17 bits per heavy atom. The summed E-state index contributed by atoms with van der Waals surface area (Å²) in [6.07, 6.45) is 4.94. The maximum Gasteiger partial charge on any atom is 0.193 e. The van der Waals surface area contributed by atoms with Crippen LogP contribution in [0.5, 0.6) is 0 Å². The molecule has 1 saturated heterocycles. The Hall–Kier alpha value is -2.66. The highest BCUT2D eigenvalue weighted by atomic mass is 16.1. The Labute approximate surface area is 171 Å². The topological polar surface area (TPSA) is 69.0 Å². The van der Waals surface area contributed by atoms with Gasteiger partial charge in [-0.25, -0.2) is 0 Å². The molecule has 29 heavy (non-hydrogen) atoms. The van der Waals surface area contributed by atoms with E-state index in [1.165, 1.54) is 16.5 Å². The normalized spacial score (nSPS) is 15.8. The SMILES string of the molecule is CCc1c(C(=O)CN2CCC(c3c[nH]c4ccccc34)CC2)[nH]c(C)c1C(C)=O. The van der Waals surface area contributed by atoms with E-state index in [0.29, 0.717) is 30.1 Å². The molecule has 0 amide bonds. The molecule has 0 saturated carbocycles. The molecule has 0 spiro atoms. The molecule has 2 aromatic heterocycles. The quantitative estimate of drug-likeness (QED) is 0.602. The van der Waals surface area contributed by atoms with Gasteiger partial charge in [-0.2, -0.15) is 0 Å². The highest BCUT2D eigenvalue weighted by Crippen LogP contribution is 2.33. The minimum absolute atomic E-state index is 0.0224. The first-order chi connectivity index (χ1) is 14.0. The summed E-state index contributed by atoms with van der Waals surface area (Å²) < 4.78 is 0. The van der Waals surface area contributed by atoms with E-state index < -0.39 is 0 Å². The van der Waals surface area contributed by atoms with E-state index in [-0.39, 0.29) is 11.6 Å². The van der Waals surface area contributed by atoms with Crippen LogP contribution in [-0.4, -0.2) is 46.1 Å². The number of Topliss-reactive ketones (excluding diaryl/α,β-unsaturated/α-hetero) is 2.